The van der Waals surface area contributed by atoms with Crippen LogP contribution in [-0.2, 0) is 13.1 Å². The fourth-order valence-corrected chi connectivity index (χ4v) is 2.77. The summed E-state index contributed by atoms with van der Waals surface area (Å²) in [5.41, 5.74) is 2.06. The number of aliphatic imine (C=N–C) groups is 1. The average molecular weight is 399 g/mol. The third-order valence-corrected chi connectivity index (χ3v) is 4.67. The van der Waals surface area contributed by atoms with Gasteiger partial charge in [-0.3, -0.25) is 0 Å². The van der Waals surface area contributed by atoms with Crippen molar-refractivity contribution >= 4 is 5.96 Å². The summed E-state index contributed by atoms with van der Waals surface area (Å²) in [6.45, 7) is 4.71. The lowest BCUT2D eigenvalue weighted by Gasteiger charge is -2.14. The van der Waals surface area contributed by atoms with E-state index in [-0.39, 0.29) is 0 Å². The zero-order chi connectivity index (χ0) is 20.5. The van der Waals surface area contributed by atoms with Gasteiger partial charge in [-0.05, 0) is 43.4 Å². The van der Waals surface area contributed by atoms with Crippen LogP contribution in [0.1, 0.15) is 30.9 Å². The van der Waals surface area contributed by atoms with E-state index >= 15 is 0 Å². The van der Waals surface area contributed by atoms with Gasteiger partial charge in [0.05, 0.1) is 27.4 Å². The van der Waals surface area contributed by atoms with Crippen LogP contribution in [0.2, 0.25) is 0 Å². The molecule has 2 N–H and O–H groups in total. The van der Waals surface area contributed by atoms with Crippen molar-refractivity contribution in [3.8, 4) is 17.4 Å². The summed E-state index contributed by atoms with van der Waals surface area (Å²) in [5, 5.41) is 6.61. The summed E-state index contributed by atoms with van der Waals surface area (Å²) >= 11 is 0. The van der Waals surface area contributed by atoms with Crippen LogP contribution in [0.3, 0.4) is 0 Å². The highest BCUT2D eigenvalue weighted by Crippen LogP contribution is 2.29. The van der Waals surface area contributed by atoms with Crippen molar-refractivity contribution in [2.24, 2.45) is 10.9 Å². The van der Waals surface area contributed by atoms with Gasteiger partial charge in [-0.25, -0.2) is 9.98 Å². The molecule has 0 bridgehead atoms. The maximum Gasteiger partial charge on any atom is 0.213 e. The second-order valence-electron chi connectivity index (χ2n) is 6.99. The zero-order valence-electron chi connectivity index (χ0n) is 17.4. The summed E-state index contributed by atoms with van der Waals surface area (Å²) < 4.78 is 16.4. The second-order valence-corrected chi connectivity index (χ2v) is 6.99. The number of hydrogen-bond acceptors (Lipinski definition) is 5. The van der Waals surface area contributed by atoms with Gasteiger partial charge in [0.25, 0.3) is 0 Å². The second kappa shape index (κ2) is 10.5. The maximum absolute atomic E-state index is 5.68. The van der Waals surface area contributed by atoms with Crippen molar-refractivity contribution in [1.82, 2.24) is 15.6 Å². The van der Waals surface area contributed by atoms with Gasteiger partial charge in [0.2, 0.25) is 5.88 Å². The van der Waals surface area contributed by atoms with E-state index in [1.807, 2.05) is 43.5 Å². The maximum atomic E-state index is 5.68. The quantitative estimate of drug-likeness (QED) is 0.473. The molecule has 1 fully saturated rings. The fourth-order valence-electron chi connectivity index (χ4n) is 2.77. The molecule has 1 aromatic heterocycles. The molecular weight excluding hydrogens is 368 g/mol. The molecule has 1 saturated carbocycles. The van der Waals surface area contributed by atoms with Crippen molar-refractivity contribution in [3.05, 3.63) is 47.7 Å². The highest BCUT2D eigenvalue weighted by Gasteiger charge is 2.22. The molecule has 1 aliphatic carbocycles. The van der Waals surface area contributed by atoms with Gasteiger partial charge in [0.1, 0.15) is 11.5 Å². The normalized spacial score (nSPS) is 13.7. The van der Waals surface area contributed by atoms with Crippen molar-refractivity contribution in [3.63, 3.8) is 0 Å². The fraction of sp³-hybridized carbons (Fsp3) is 0.455. The molecule has 0 saturated heterocycles. The summed E-state index contributed by atoms with van der Waals surface area (Å²) in [6.07, 6.45) is 4.37. The molecule has 7 nitrogen and oxygen atoms in total. The van der Waals surface area contributed by atoms with Crippen LogP contribution in [0.5, 0.6) is 17.4 Å². The largest absolute Gasteiger partial charge is 0.497 e. The predicted octanol–water partition coefficient (Wildman–Crippen LogP) is 3.14. The summed E-state index contributed by atoms with van der Waals surface area (Å²) in [4.78, 5) is 9.02. The van der Waals surface area contributed by atoms with Crippen LogP contribution >= 0.6 is 0 Å². The Kier molecular flexibility index (Phi) is 7.55. The molecule has 0 atom stereocenters. The first-order valence-electron chi connectivity index (χ1n) is 10.0. The molecule has 1 heterocycles. The van der Waals surface area contributed by atoms with Crippen LogP contribution in [0.15, 0.2) is 41.5 Å². The molecule has 156 valence electrons. The molecule has 0 amide bonds. The molecule has 3 rings (SSSR count). The molecule has 0 unspecified atom stereocenters. The number of methoxy groups -OCH3 is 2. The Morgan fingerprint density at radius 3 is 2.66 bits per heavy atom. The van der Waals surface area contributed by atoms with E-state index in [9.17, 15) is 0 Å². The van der Waals surface area contributed by atoms with Gasteiger partial charge < -0.3 is 24.8 Å². The Morgan fingerprint density at radius 1 is 1.14 bits per heavy atom. The van der Waals surface area contributed by atoms with E-state index in [4.69, 9.17) is 14.2 Å². The highest BCUT2D eigenvalue weighted by atomic mass is 16.5. The van der Waals surface area contributed by atoms with E-state index in [2.05, 4.69) is 20.6 Å². The third kappa shape index (κ3) is 6.55. The molecule has 1 aromatic carbocycles. The minimum atomic E-state index is 0.533. The number of hydrogen-bond donors (Lipinski definition) is 2. The zero-order valence-corrected chi connectivity index (χ0v) is 17.4. The smallest absolute Gasteiger partial charge is 0.213 e. The molecule has 1 aliphatic rings. The average Bonchev–Trinajstić information content (AvgIpc) is 3.59. The Morgan fingerprint density at radius 2 is 2.00 bits per heavy atom. The lowest BCUT2D eigenvalue weighted by Crippen LogP contribution is -2.36. The minimum absolute atomic E-state index is 0.533. The highest BCUT2D eigenvalue weighted by molar-refractivity contribution is 5.79. The third-order valence-electron chi connectivity index (χ3n) is 4.67. The number of nitrogens with one attached hydrogen (secondary N) is 2. The molecule has 0 spiro atoms. The predicted molar refractivity (Wildman–Crippen MR) is 114 cm³/mol. The van der Waals surface area contributed by atoms with E-state index in [0.29, 0.717) is 19.0 Å². The number of ether oxygens (including phenoxy) is 3. The van der Waals surface area contributed by atoms with Crippen LogP contribution in [0, 0.1) is 5.92 Å². The molecule has 7 heteroatoms. The Labute approximate surface area is 172 Å². The number of rotatable bonds is 10. The molecule has 29 heavy (non-hydrogen) atoms. The van der Waals surface area contributed by atoms with Gasteiger partial charge in [0.15, 0.2) is 5.96 Å². The number of pyridine rings is 1. The number of nitrogens with zero attached hydrogens (tertiary/aromatic N) is 2. The lowest BCUT2D eigenvalue weighted by molar-refractivity contribution is 0.288. The molecule has 0 radical (unpaired) electrons. The molecular formula is C22H30N4O3. The topological polar surface area (TPSA) is 77.0 Å². The van der Waals surface area contributed by atoms with E-state index in [1.165, 1.54) is 12.8 Å². The lowest BCUT2D eigenvalue weighted by atomic mass is 10.2. The SMILES string of the molecule is CCNC(=NCc1ccc(OCC2CC2)nc1)NCc1ccc(OC)cc1OC. The standard InChI is InChI=1S/C22H30N4O3/c1-4-23-22(26-14-18-8-9-19(27-2)11-20(18)28-3)25-13-17-7-10-21(24-12-17)29-15-16-5-6-16/h7-12,16H,4-6,13-15H2,1-3H3,(H2,23,25,26). The number of aromatic nitrogens is 1. The first-order chi connectivity index (χ1) is 14.2. The van der Waals surface area contributed by atoms with E-state index < -0.39 is 0 Å². The van der Waals surface area contributed by atoms with Crippen molar-refractivity contribution in [2.75, 3.05) is 27.4 Å². The number of benzene rings is 1. The van der Waals surface area contributed by atoms with Crippen LogP contribution in [-0.4, -0.2) is 38.3 Å². The van der Waals surface area contributed by atoms with Crippen molar-refractivity contribution < 1.29 is 14.2 Å². The minimum Gasteiger partial charge on any atom is -0.497 e. The van der Waals surface area contributed by atoms with Gasteiger partial charge in [-0.1, -0.05) is 6.07 Å². The van der Waals surface area contributed by atoms with Gasteiger partial charge >= 0.3 is 0 Å². The van der Waals surface area contributed by atoms with Crippen LogP contribution in [0.4, 0.5) is 0 Å². The van der Waals surface area contributed by atoms with Gasteiger partial charge in [-0.15, -0.1) is 0 Å². The first kappa shape index (κ1) is 20.8. The monoisotopic (exact) mass is 398 g/mol. The molecule has 0 aliphatic heterocycles. The van der Waals surface area contributed by atoms with Crippen molar-refractivity contribution in [2.45, 2.75) is 32.9 Å². The Bertz CT molecular complexity index is 804. The van der Waals surface area contributed by atoms with Gasteiger partial charge in [0, 0.05) is 37.0 Å². The summed E-state index contributed by atoms with van der Waals surface area (Å²) in [5.74, 6) is 3.68. The van der Waals surface area contributed by atoms with E-state index in [1.54, 1.807) is 14.2 Å². The van der Waals surface area contributed by atoms with Gasteiger partial charge in [-0.2, -0.15) is 0 Å². The summed E-state index contributed by atoms with van der Waals surface area (Å²) in [6, 6.07) is 9.70. The summed E-state index contributed by atoms with van der Waals surface area (Å²) in [7, 11) is 3.30. The first-order valence-corrected chi connectivity index (χ1v) is 10.0. The van der Waals surface area contributed by atoms with E-state index in [0.717, 1.165) is 47.7 Å². The molecule has 2 aromatic rings. The van der Waals surface area contributed by atoms with Crippen LogP contribution < -0.4 is 24.8 Å². The number of guanidine groups is 1. The van der Waals surface area contributed by atoms with Crippen molar-refractivity contribution in [1.29, 1.82) is 0 Å². The Balaban J connectivity index is 1.56. The Hall–Kier alpha value is -2.96. The van der Waals surface area contributed by atoms with Crippen LogP contribution in [0.25, 0.3) is 0 Å².